The minimum absolute atomic E-state index is 0.0990. The summed E-state index contributed by atoms with van der Waals surface area (Å²) in [6, 6.07) is 5.37. The molecule has 0 saturated heterocycles. The molecule has 0 aliphatic rings. The van der Waals surface area contributed by atoms with E-state index in [1.165, 1.54) is 0 Å². The number of amides is 1. The number of carbonyl (C=O) groups excluding carboxylic acids is 1. The second-order valence-corrected chi connectivity index (χ2v) is 4.88. The lowest BCUT2D eigenvalue weighted by molar-refractivity contribution is 0.0931. The van der Waals surface area contributed by atoms with Crippen LogP contribution in [0.1, 0.15) is 31.1 Å². The summed E-state index contributed by atoms with van der Waals surface area (Å²) in [5, 5.41) is 6.51. The van der Waals surface area contributed by atoms with Gasteiger partial charge in [0.25, 0.3) is 5.91 Å². The molecule has 94 valence electrons. The Balaban J connectivity index is 2.91. The number of hydrogen-bond donors (Lipinski definition) is 2. The van der Waals surface area contributed by atoms with E-state index < -0.39 is 0 Å². The molecule has 4 heteroatoms. The highest BCUT2D eigenvalue weighted by atomic mass is 35.5. The van der Waals surface area contributed by atoms with Gasteiger partial charge in [-0.05, 0) is 31.0 Å². The first-order chi connectivity index (χ1) is 7.95. The van der Waals surface area contributed by atoms with Crippen LogP contribution in [0.25, 0.3) is 0 Å². The quantitative estimate of drug-likeness (QED) is 0.867. The molecule has 0 heterocycles. The Kier molecular flexibility index (Phi) is 4.82. The van der Waals surface area contributed by atoms with Crippen LogP contribution in [0.15, 0.2) is 18.2 Å². The van der Waals surface area contributed by atoms with Gasteiger partial charge in [-0.25, -0.2) is 0 Å². The van der Waals surface area contributed by atoms with Crippen LogP contribution in [0, 0.1) is 5.92 Å². The van der Waals surface area contributed by atoms with Crippen LogP contribution in [-0.2, 0) is 0 Å². The third kappa shape index (κ3) is 3.63. The van der Waals surface area contributed by atoms with E-state index in [-0.39, 0.29) is 11.9 Å². The second-order valence-electron chi connectivity index (χ2n) is 4.45. The molecule has 1 atom stereocenters. The van der Waals surface area contributed by atoms with Gasteiger partial charge in [0.05, 0.1) is 5.56 Å². The number of benzene rings is 1. The maximum atomic E-state index is 12.1. The standard InChI is InChI=1S/C13H19ClN2O/c1-8(2)9(3)16-13(17)11-7-10(14)5-6-12(11)15-4/h5-9,15H,1-4H3,(H,16,17). The van der Waals surface area contributed by atoms with Gasteiger partial charge < -0.3 is 10.6 Å². The summed E-state index contributed by atoms with van der Waals surface area (Å²) in [7, 11) is 1.78. The van der Waals surface area contributed by atoms with Crippen molar-refractivity contribution in [1.29, 1.82) is 0 Å². The SMILES string of the molecule is CNc1ccc(Cl)cc1C(=O)NC(C)C(C)C. The Labute approximate surface area is 108 Å². The normalized spacial score (nSPS) is 12.4. The maximum absolute atomic E-state index is 12.1. The number of carbonyl (C=O) groups is 1. The van der Waals surface area contributed by atoms with Crippen molar-refractivity contribution in [3.8, 4) is 0 Å². The van der Waals surface area contributed by atoms with Gasteiger partial charge in [-0.2, -0.15) is 0 Å². The minimum atomic E-state index is -0.0990. The van der Waals surface area contributed by atoms with Crippen molar-refractivity contribution >= 4 is 23.2 Å². The molecule has 0 radical (unpaired) electrons. The number of hydrogen-bond acceptors (Lipinski definition) is 2. The molecule has 0 spiro atoms. The van der Waals surface area contributed by atoms with Crippen molar-refractivity contribution in [3.63, 3.8) is 0 Å². The van der Waals surface area contributed by atoms with Crippen LogP contribution >= 0.6 is 11.6 Å². The van der Waals surface area contributed by atoms with Gasteiger partial charge in [-0.3, -0.25) is 4.79 Å². The Hall–Kier alpha value is -1.22. The topological polar surface area (TPSA) is 41.1 Å². The van der Waals surface area contributed by atoms with Crippen molar-refractivity contribution in [3.05, 3.63) is 28.8 Å². The average molecular weight is 255 g/mol. The maximum Gasteiger partial charge on any atom is 0.253 e. The molecule has 1 aromatic carbocycles. The molecule has 17 heavy (non-hydrogen) atoms. The zero-order valence-electron chi connectivity index (χ0n) is 10.7. The Bertz CT molecular complexity index is 404. The molecule has 3 nitrogen and oxygen atoms in total. The van der Waals surface area contributed by atoms with E-state index in [4.69, 9.17) is 11.6 Å². The Morgan fingerprint density at radius 3 is 2.47 bits per heavy atom. The number of nitrogens with one attached hydrogen (secondary N) is 2. The van der Waals surface area contributed by atoms with Gasteiger partial charge in [-0.1, -0.05) is 25.4 Å². The van der Waals surface area contributed by atoms with Crippen LogP contribution in [0.4, 0.5) is 5.69 Å². The zero-order valence-corrected chi connectivity index (χ0v) is 11.4. The van der Waals surface area contributed by atoms with Gasteiger partial charge in [0, 0.05) is 23.8 Å². The summed E-state index contributed by atoms with van der Waals surface area (Å²) in [5.74, 6) is 0.300. The molecule has 0 bridgehead atoms. The molecular formula is C13H19ClN2O. The fourth-order valence-corrected chi connectivity index (χ4v) is 1.55. The number of rotatable bonds is 4. The molecule has 1 rings (SSSR count). The first kappa shape index (κ1) is 13.8. The van der Waals surface area contributed by atoms with Crippen molar-refractivity contribution in [2.24, 2.45) is 5.92 Å². The Morgan fingerprint density at radius 1 is 1.29 bits per heavy atom. The van der Waals surface area contributed by atoms with Crippen LogP contribution < -0.4 is 10.6 Å². The molecule has 0 aliphatic carbocycles. The predicted octanol–water partition coefficient (Wildman–Crippen LogP) is 3.16. The van der Waals surface area contributed by atoms with E-state index in [0.717, 1.165) is 5.69 Å². The van der Waals surface area contributed by atoms with E-state index in [0.29, 0.717) is 16.5 Å². The molecular weight excluding hydrogens is 236 g/mol. The van der Waals surface area contributed by atoms with Gasteiger partial charge in [-0.15, -0.1) is 0 Å². The van der Waals surface area contributed by atoms with Crippen LogP contribution in [0.5, 0.6) is 0 Å². The van der Waals surface area contributed by atoms with Gasteiger partial charge in [0.1, 0.15) is 0 Å². The third-order valence-corrected chi connectivity index (χ3v) is 3.09. The van der Waals surface area contributed by atoms with E-state index >= 15 is 0 Å². The summed E-state index contributed by atoms with van der Waals surface area (Å²) in [5.41, 5.74) is 1.36. The summed E-state index contributed by atoms with van der Waals surface area (Å²) in [4.78, 5) is 12.1. The molecule has 0 saturated carbocycles. The van der Waals surface area contributed by atoms with Crippen molar-refractivity contribution in [2.45, 2.75) is 26.8 Å². The highest BCUT2D eigenvalue weighted by molar-refractivity contribution is 6.31. The summed E-state index contributed by atoms with van der Waals surface area (Å²) >= 11 is 5.91. The largest absolute Gasteiger partial charge is 0.387 e. The van der Waals surface area contributed by atoms with E-state index in [1.807, 2.05) is 6.92 Å². The van der Waals surface area contributed by atoms with Crippen molar-refractivity contribution in [1.82, 2.24) is 5.32 Å². The fourth-order valence-electron chi connectivity index (χ4n) is 1.37. The second kappa shape index (κ2) is 5.92. The number of halogens is 1. The average Bonchev–Trinajstić information content (AvgIpc) is 2.28. The lowest BCUT2D eigenvalue weighted by Gasteiger charge is -2.18. The van der Waals surface area contributed by atoms with Gasteiger partial charge >= 0.3 is 0 Å². The molecule has 1 aromatic rings. The molecule has 1 amide bonds. The van der Waals surface area contributed by atoms with Crippen molar-refractivity contribution < 1.29 is 4.79 Å². The highest BCUT2D eigenvalue weighted by Gasteiger charge is 2.15. The molecule has 0 aliphatic heterocycles. The molecule has 2 N–H and O–H groups in total. The fraction of sp³-hybridized carbons (Fsp3) is 0.462. The van der Waals surface area contributed by atoms with E-state index in [2.05, 4.69) is 24.5 Å². The van der Waals surface area contributed by atoms with Gasteiger partial charge in [0.15, 0.2) is 0 Å². The first-order valence-corrected chi connectivity index (χ1v) is 6.11. The van der Waals surface area contributed by atoms with Crippen LogP contribution in [0.3, 0.4) is 0 Å². The van der Waals surface area contributed by atoms with Crippen LogP contribution in [-0.4, -0.2) is 19.0 Å². The number of anilines is 1. The molecule has 1 unspecified atom stereocenters. The first-order valence-electron chi connectivity index (χ1n) is 5.74. The highest BCUT2D eigenvalue weighted by Crippen LogP contribution is 2.20. The van der Waals surface area contributed by atoms with E-state index in [1.54, 1.807) is 25.2 Å². The van der Waals surface area contributed by atoms with Crippen LogP contribution in [0.2, 0.25) is 5.02 Å². The van der Waals surface area contributed by atoms with Crippen molar-refractivity contribution in [2.75, 3.05) is 12.4 Å². The monoisotopic (exact) mass is 254 g/mol. The third-order valence-electron chi connectivity index (χ3n) is 2.85. The molecule has 0 fully saturated rings. The van der Waals surface area contributed by atoms with E-state index in [9.17, 15) is 4.79 Å². The lowest BCUT2D eigenvalue weighted by atomic mass is 10.1. The summed E-state index contributed by atoms with van der Waals surface area (Å²) in [6.45, 7) is 6.13. The lowest BCUT2D eigenvalue weighted by Crippen LogP contribution is -2.36. The smallest absolute Gasteiger partial charge is 0.253 e. The predicted molar refractivity (Wildman–Crippen MR) is 72.8 cm³/mol. The minimum Gasteiger partial charge on any atom is -0.387 e. The summed E-state index contributed by atoms with van der Waals surface area (Å²) in [6.07, 6.45) is 0. The summed E-state index contributed by atoms with van der Waals surface area (Å²) < 4.78 is 0. The zero-order chi connectivity index (χ0) is 13.0. The molecule has 0 aromatic heterocycles. The Morgan fingerprint density at radius 2 is 1.94 bits per heavy atom. The van der Waals surface area contributed by atoms with Gasteiger partial charge in [0.2, 0.25) is 0 Å².